The Balaban J connectivity index is 1.34. The topological polar surface area (TPSA) is 6.48 Å². The predicted molar refractivity (Wildman–Crippen MR) is 260 cm³/mol. The summed E-state index contributed by atoms with van der Waals surface area (Å²) in [6.45, 7) is 25.4. The van der Waals surface area contributed by atoms with E-state index in [1.54, 1.807) is 16.2 Å². The van der Waals surface area contributed by atoms with Crippen molar-refractivity contribution in [2.75, 3.05) is 9.80 Å². The van der Waals surface area contributed by atoms with Crippen molar-refractivity contribution >= 4 is 78.1 Å². The van der Waals surface area contributed by atoms with Crippen LogP contribution in [0.1, 0.15) is 70.4 Å². The number of anilines is 5. The van der Waals surface area contributed by atoms with Crippen molar-refractivity contribution in [1.29, 1.82) is 0 Å². The standard InChI is InChI=1S/C53H59BN2Si2/c1-35(2)38-30-48-50-49(31-38)56-51-44(52(3)25-17-18-26-53(52,56)4)32-43(58(8,9)10)34-46(51)54(50)45-33-42(57(5,6)7)23-24-47(45)55(48)41-28-39(36-19-13-11-14-20-36)27-40(29-41)37-21-15-12-16-22-37/h11-16,19-24,27-35H,17-18,25-26H2,1-10H3. The van der Waals surface area contributed by atoms with Crippen LogP contribution in [0.4, 0.5) is 28.4 Å². The molecule has 2 unspecified atom stereocenters. The highest BCUT2D eigenvalue weighted by Gasteiger charge is 2.61. The van der Waals surface area contributed by atoms with E-state index >= 15 is 0 Å². The van der Waals surface area contributed by atoms with Crippen LogP contribution in [0.5, 0.6) is 0 Å². The summed E-state index contributed by atoms with van der Waals surface area (Å²) in [7, 11) is -3.36. The molecule has 0 spiro atoms. The number of hydrogen-bond donors (Lipinski definition) is 0. The molecule has 1 fully saturated rings. The molecule has 2 nitrogen and oxygen atoms in total. The van der Waals surface area contributed by atoms with Gasteiger partial charge in [-0.05, 0) is 112 Å². The van der Waals surface area contributed by atoms with Crippen molar-refractivity contribution in [2.24, 2.45) is 0 Å². The maximum atomic E-state index is 2.92. The van der Waals surface area contributed by atoms with Crippen LogP contribution < -0.4 is 36.6 Å². The predicted octanol–water partition coefficient (Wildman–Crippen LogP) is 11.6. The highest BCUT2D eigenvalue weighted by atomic mass is 28.3. The van der Waals surface area contributed by atoms with Gasteiger partial charge in [0.05, 0.1) is 21.7 Å². The first kappa shape index (κ1) is 37.7. The molecule has 0 N–H and O–H groups in total. The number of benzene rings is 6. The van der Waals surface area contributed by atoms with Crippen LogP contribution in [-0.2, 0) is 5.41 Å². The first-order valence-corrected chi connectivity index (χ1v) is 29.0. The van der Waals surface area contributed by atoms with Gasteiger partial charge >= 0.3 is 0 Å². The molecule has 1 aliphatic carbocycles. The van der Waals surface area contributed by atoms with Gasteiger partial charge in [-0.15, -0.1) is 0 Å². The van der Waals surface area contributed by atoms with Crippen LogP contribution in [0.3, 0.4) is 0 Å². The lowest BCUT2D eigenvalue weighted by atomic mass is 9.33. The molecular formula is C53H59BN2Si2. The Bertz CT molecular complexity index is 2560. The van der Waals surface area contributed by atoms with E-state index in [0.717, 1.165) is 0 Å². The lowest BCUT2D eigenvalue weighted by molar-refractivity contribution is 0.195. The van der Waals surface area contributed by atoms with Crippen LogP contribution in [0, 0.1) is 0 Å². The number of rotatable bonds is 6. The molecule has 0 aromatic heterocycles. The molecule has 6 aromatic carbocycles. The molecule has 4 aliphatic rings. The number of fused-ring (bicyclic) bond motifs is 7. The van der Waals surface area contributed by atoms with E-state index < -0.39 is 16.1 Å². The maximum absolute atomic E-state index is 2.92. The van der Waals surface area contributed by atoms with Crippen LogP contribution in [0.2, 0.25) is 39.3 Å². The smallest absolute Gasteiger partial charge is 0.252 e. The largest absolute Gasteiger partial charge is 0.335 e. The molecule has 0 amide bonds. The fourth-order valence-electron chi connectivity index (χ4n) is 11.2. The lowest BCUT2D eigenvalue weighted by Gasteiger charge is -2.53. The third-order valence-electron chi connectivity index (χ3n) is 14.8. The minimum atomic E-state index is -1.69. The summed E-state index contributed by atoms with van der Waals surface area (Å²) in [6.07, 6.45) is 5.04. The normalized spacial score (nSPS) is 20.5. The minimum absolute atomic E-state index is 0.00623. The van der Waals surface area contributed by atoms with Gasteiger partial charge in [-0.1, -0.05) is 168 Å². The zero-order chi connectivity index (χ0) is 40.5. The van der Waals surface area contributed by atoms with Gasteiger partial charge < -0.3 is 9.80 Å². The van der Waals surface area contributed by atoms with Gasteiger partial charge in [-0.25, -0.2) is 0 Å². The summed E-state index contributed by atoms with van der Waals surface area (Å²) in [4.78, 5) is 5.60. The third kappa shape index (κ3) is 5.48. The fraction of sp³-hybridized carbons (Fsp3) is 0.321. The van der Waals surface area contributed by atoms with Crippen LogP contribution in [0.25, 0.3) is 22.3 Å². The molecule has 58 heavy (non-hydrogen) atoms. The number of hydrogen-bond acceptors (Lipinski definition) is 2. The van der Waals surface area contributed by atoms with E-state index in [-0.39, 0.29) is 17.7 Å². The summed E-state index contributed by atoms with van der Waals surface area (Å²) >= 11 is 0. The fourth-order valence-corrected chi connectivity index (χ4v) is 13.5. The summed E-state index contributed by atoms with van der Waals surface area (Å²) in [5.41, 5.74) is 19.5. The van der Waals surface area contributed by atoms with Crippen molar-refractivity contribution in [2.45, 2.75) is 110 Å². The third-order valence-corrected chi connectivity index (χ3v) is 18.9. The van der Waals surface area contributed by atoms with Gasteiger partial charge in [0.1, 0.15) is 0 Å². The Morgan fingerprint density at radius 3 is 1.76 bits per heavy atom. The molecule has 10 rings (SSSR count). The second kappa shape index (κ2) is 13.0. The molecule has 1 saturated carbocycles. The van der Waals surface area contributed by atoms with E-state index in [1.165, 1.54) is 98.0 Å². The molecule has 0 radical (unpaired) electrons. The molecule has 3 aliphatic heterocycles. The molecule has 2 atom stereocenters. The second-order valence-corrected chi connectivity index (χ2v) is 30.9. The van der Waals surface area contributed by atoms with Gasteiger partial charge in [-0.2, -0.15) is 0 Å². The Hall–Kier alpha value is -4.58. The Morgan fingerprint density at radius 2 is 1.16 bits per heavy atom. The average molecular weight is 791 g/mol. The van der Waals surface area contributed by atoms with Crippen LogP contribution in [-0.4, -0.2) is 28.4 Å². The molecular weight excluding hydrogens is 732 g/mol. The summed E-state index contributed by atoms with van der Waals surface area (Å²) in [6, 6.07) is 47.5. The number of nitrogens with zero attached hydrogens (tertiary/aromatic N) is 2. The van der Waals surface area contributed by atoms with E-state index in [9.17, 15) is 0 Å². The van der Waals surface area contributed by atoms with Gasteiger partial charge in [-0.3, -0.25) is 0 Å². The van der Waals surface area contributed by atoms with Crippen LogP contribution >= 0.6 is 0 Å². The molecule has 6 aromatic rings. The Labute approximate surface area is 350 Å². The average Bonchev–Trinajstić information content (AvgIpc) is 3.42. The van der Waals surface area contributed by atoms with Crippen molar-refractivity contribution in [3.63, 3.8) is 0 Å². The molecule has 0 bridgehead atoms. The highest BCUT2D eigenvalue weighted by Crippen LogP contribution is 2.62. The Kier molecular flexibility index (Phi) is 8.42. The quantitative estimate of drug-likeness (QED) is 0.155. The van der Waals surface area contributed by atoms with Crippen LogP contribution in [0.15, 0.2) is 121 Å². The first-order chi connectivity index (χ1) is 27.6. The van der Waals surface area contributed by atoms with Gasteiger partial charge in [0, 0.05) is 33.9 Å². The summed E-state index contributed by atoms with van der Waals surface area (Å²) in [5, 5.41) is 3.14. The summed E-state index contributed by atoms with van der Waals surface area (Å²) < 4.78 is 0. The zero-order valence-corrected chi connectivity index (χ0v) is 38.4. The van der Waals surface area contributed by atoms with Crippen molar-refractivity contribution < 1.29 is 0 Å². The van der Waals surface area contributed by atoms with E-state index in [0.29, 0.717) is 5.92 Å². The summed E-state index contributed by atoms with van der Waals surface area (Å²) in [5.74, 6) is 0.385. The maximum Gasteiger partial charge on any atom is 0.252 e. The highest BCUT2D eigenvalue weighted by molar-refractivity contribution is 7.01. The SMILES string of the molecule is CC(C)c1cc2c3c(c1)N1c4c(cc([Si](C)(C)C)cc4C4(C)CCCCC14C)B3c1cc([Si](C)(C)C)ccc1N2c1cc(-c2ccccc2)cc(-c2ccccc2)c1. The molecule has 5 heteroatoms. The van der Waals surface area contributed by atoms with Gasteiger partial charge in [0.25, 0.3) is 6.71 Å². The van der Waals surface area contributed by atoms with Crippen molar-refractivity contribution in [3.8, 4) is 22.3 Å². The Morgan fingerprint density at radius 1 is 0.569 bits per heavy atom. The van der Waals surface area contributed by atoms with Gasteiger partial charge in [0.2, 0.25) is 0 Å². The molecule has 0 saturated heterocycles. The minimum Gasteiger partial charge on any atom is -0.335 e. The monoisotopic (exact) mass is 790 g/mol. The first-order valence-electron chi connectivity index (χ1n) is 22.0. The van der Waals surface area contributed by atoms with E-state index in [1.807, 2.05) is 0 Å². The molecule has 292 valence electrons. The van der Waals surface area contributed by atoms with E-state index in [4.69, 9.17) is 0 Å². The van der Waals surface area contributed by atoms with Crippen molar-refractivity contribution in [1.82, 2.24) is 0 Å². The van der Waals surface area contributed by atoms with Gasteiger partial charge in [0.15, 0.2) is 0 Å². The van der Waals surface area contributed by atoms with Crippen molar-refractivity contribution in [3.05, 3.63) is 132 Å². The zero-order valence-electron chi connectivity index (χ0n) is 36.4. The van der Waals surface area contributed by atoms with E-state index in [2.05, 4.69) is 198 Å². The molecule has 3 heterocycles. The second-order valence-electron chi connectivity index (χ2n) is 20.8. The lowest BCUT2D eigenvalue weighted by Crippen LogP contribution is -2.65.